The minimum Gasteiger partial charge on any atom is -1.00 e. The summed E-state index contributed by atoms with van der Waals surface area (Å²) in [7, 11) is 0. The summed E-state index contributed by atoms with van der Waals surface area (Å²) < 4.78 is 0. The van der Waals surface area contributed by atoms with Crippen LogP contribution in [0.5, 0.6) is 0 Å². The summed E-state index contributed by atoms with van der Waals surface area (Å²) in [5, 5.41) is 0. The first-order chi connectivity index (χ1) is 0. The molecule has 0 fully saturated rings. The van der Waals surface area contributed by atoms with Gasteiger partial charge in [0.2, 0.25) is 0 Å². The molecule has 0 atom stereocenters. The molecule has 0 aliphatic heterocycles. The molecule has 0 aromatic carbocycles. The normalized spacial score (nSPS) is 0. The zero-order valence-electron chi connectivity index (χ0n) is 2.86. The first-order valence-corrected chi connectivity index (χ1v) is 0. The first kappa shape index (κ1) is 114. The molecule has 51 valence electrons. The molecule has 0 spiro atoms. The third-order valence-electron chi connectivity index (χ3n) is 0. The van der Waals surface area contributed by atoms with E-state index in [1.54, 1.807) is 0 Å². The average Bonchev–Trinajstić information content (AvgIpc) is 0. The zero-order valence-corrected chi connectivity index (χ0v) is 6.79. The van der Waals surface area contributed by atoms with Crippen molar-refractivity contribution in [2.24, 2.45) is 0 Å². The molecule has 7 heavy (non-hydrogen) atoms. The second kappa shape index (κ2) is 78.8. The second-order valence-electron chi connectivity index (χ2n) is 0. The molecule has 0 saturated carbocycles. The number of rotatable bonds is 0. The van der Waals surface area contributed by atoms with Gasteiger partial charge < -0.3 is 23.5 Å². The van der Waals surface area contributed by atoms with E-state index in [1.165, 1.54) is 0 Å². The van der Waals surface area contributed by atoms with Gasteiger partial charge in [-0.2, -0.15) is 0 Å². The Morgan fingerprint density at radius 1 is 0.429 bits per heavy atom. The van der Waals surface area contributed by atoms with Crippen molar-refractivity contribution in [2.45, 2.75) is 0 Å². The quantitative estimate of drug-likeness (QED) is 0.308. The summed E-state index contributed by atoms with van der Waals surface area (Å²) in [6, 6.07) is 0. The largest absolute Gasteiger partial charge is 3.00 e. The van der Waals surface area contributed by atoms with Crippen LogP contribution in [0.15, 0.2) is 0 Å². The molecule has 0 bridgehead atoms. The molecule has 0 aromatic heterocycles. The first-order valence-electron chi connectivity index (χ1n) is 0. The van der Waals surface area contributed by atoms with Crippen LogP contribution in [0.3, 0.4) is 0 Å². The molecule has 0 amide bonds. The Hall–Kier alpha value is 2.43. The minimum atomic E-state index is 0. The predicted molar refractivity (Wildman–Crippen MR) is 5.75 cm³/mol. The van der Waals surface area contributed by atoms with Gasteiger partial charge in [-0.05, 0) is 0 Å². The zero-order chi connectivity index (χ0) is 0. The summed E-state index contributed by atoms with van der Waals surface area (Å²) in [4.78, 5) is 0. The van der Waals surface area contributed by atoms with Crippen molar-refractivity contribution in [3.8, 4) is 0 Å². The molecular weight excluding hydrogens is 308 g/mol. The van der Waals surface area contributed by atoms with E-state index in [1.807, 2.05) is 0 Å². The van der Waals surface area contributed by atoms with Crippen LogP contribution in [0.4, 0.5) is 0 Å². The van der Waals surface area contributed by atoms with Crippen molar-refractivity contribution in [2.75, 3.05) is 0 Å². The number of hydrogen-bond donors (Lipinski definition) is 0. The summed E-state index contributed by atoms with van der Waals surface area (Å²) in [5.41, 5.74) is 0. The third kappa shape index (κ3) is 59.0. The SMILES string of the molecule is [Ca+2].[F-].[F-].[F-].[F-].[F-].[Yb+3]. The summed E-state index contributed by atoms with van der Waals surface area (Å²) in [6.45, 7) is 0. The van der Waals surface area contributed by atoms with Crippen molar-refractivity contribution >= 4 is 37.7 Å². The Labute approximate surface area is 106 Å². The summed E-state index contributed by atoms with van der Waals surface area (Å²) in [5.74, 6) is 0. The van der Waals surface area contributed by atoms with Gasteiger partial charge in [-0.25, -0.2) is 0 Å². The molecule has 0 rings (SSSR count). The van der Waals surface area contributed by atoms with Crippen molar-refractivity contribution < 1.29 is 70.4 Å². The third-order valence-corrected chi connectivity index (χ3v) is 0. The van der Waals surface area contributed by atoms with Crippen molar-refractivity contribution in [3.05, 3.63) is 0 Å². The van der Waals surface area contributed by atoms with Crippen LogP contribution in [-0.4, -0.2) is 37.7 Å². The van der Waals surface area contributed by atoms with Gasteiger partial charge in [0, 0.05) is 0 Å². The minimum absolute atomic E-state index is 0. The molecule has 0 aliphatic carbocycles. The smallest absolute Gasteiger partial charge is 1.00 e. The maximum absolute atomic E-state index is 0. The fourth-order valence-corrected chi connectivity index (χ4v) is 0. The molecule has 0 nitrogen and oxygen atoms in total. The Bertz CT molecular complexity index is 8.04. The number of halogens is 5. The van der Waals surface area contributed by atoms with Crippen LogP contribution < -0.4 is 23.5 Å². The van der Waals surface area contributed by atoms with E-state index in [4.69, 9.17) is 0 Å². The van der Waals surface area contributed by atoms with Crippen molar-refractivity contribution in [1.29, 1.82) is 0 Å². The molecule has 0 unspecified atom stereocenters. The van der Waals surface area contributed by atoms with Gasteiger partial charge in [0.1, 0.15) is 0 Å². The van der Waals surface area contributed by atoms with E-state index in [0.29, 0.717) is 0 Å². The molecule has 0 aliphatic rings. The van der Waals surface area contributed by atoms with Gasteiger partial charge >= 0.3 is 84.7 Å². The van der Waals surface area contributed by atoms with Crippen LogP contribution >= 0.6 is 0 Å². The molecular formula is CaF5Yb. The molecule has 0 N–H and O–H groups in total. The second-order valence-corrected chi connectivity index (χ2v) is 0. The summed E-state index contributed by atoms with van der Waals surface area (Å²) in [6.07, 6.45) is 0. The van der Waals surface area contributed by atoms with Crippen molar-refractivity contribution in [1.82, 2.24) is 0 Å². The Kier molecular flexibility index (Phi) is 1280. The molecule has 7 heteroatoms. The van der Waals surface area contributed by atoms with Gasteiger partial charge in [-0.3, -0.25) is 0 Å². The molecule has 0 heterocycles. The monoisotopic (exact) mass is 309 g/mol. The number of hydrogen-bond acceptors (Lipinski definition) is 0. The topological polar surface area (TPSA) is 0 Å². The van der Waals surface area contributed by atoms with Gasteiger partial charge in [-0.1, -0.05) is 0 Å². The Morgan fingerprint density at radius 2 is 0.429 bits per heavy atom. The van der Waals surface area contributed by atoms with Gasteiger partial charge in [0.05, 0.1) is 0 Å². The van der Waals surface area contributed by atoms with Gasteiger partial charge in [-0.15, -0.1) is 0 Å². The maximum atomic E-state index is 0. The Balaban J connectivity index is 0. The van der Waals surface area contributed by atoms with E-state index in [-0.39, 0.29) is 108 Å². The van der Waals surface area contributed by atoms with E-state index in [9.17, 15) is 0 Å². The Morgan fingerprint density at radius 3 is 0.429 bits per heavy atom. The van der Waals surface area contributed by atoms with Crippen molar-refractivity contribution in [3.63, 3.8) is 0 Å². The van der Waals surface area contributed by atoms with E-state index < -0.39 is 0 Å². The fraction of sp³-hybridized carbons (Fsp3) is 0. The van der Waals surface area contributed by atoms with Gasteiger partial charge in [0.15, 0.2) is 0 Å². The standard InChI is InChI=1S/Ca.5FH.Yb/h;5*1H;/q+2;;;;;;+3/p-5. The van der Waals surface area contributed by atoms with E-state index >= 15 is 0 Å². The van der Waals surface area contributed by atoms with Crippen LogP contribution in [0.1, 0.15) is 0 Å². The molecule has 0 saturated heterocycles. The van der Waals surface area contributed by atoms with E-state index in [0.717, 1.165) is 0 Å². The van der Waals surface area contributed by atoms with Crippen LogP contribution in [0, 0.1) is 46.9 Å². The summed E-state index contributed by atoms with van der Waals surface area (Å²) >= 11 is 0. The van der Waals surface area contributed by atoms with E-state index in [2.05, 4.69) is 0 Å². The molecule has 0 aromatic rings. The van der Waals surface area contributed by atoms with Crippen LogP contribution in [-0.2, 0) is 0 Å². The maximum Gasteiger partial charge on any atom is 3.00 e. The average molecular weight is 308 g/mol. The van der Waals surface area contributed by atoms with Crippen LogP contribution in [0.2, 0.25) is 0 Å². The van der Waals surface area contributed by atoms with Crippen LogP contribution in [0.25, 0.3) is 0 Å². The fourth-order valence-electron chi connectivity index (χ4n) is 0. The van der Waals surface area contributed by atoms with Gasteiger partial charge in [0.25, 0.3) is 0 Å². The predicted octanol–water partition coefficient (Wildman–Crippen LogP) is -15.4. The molecule has 1 radical (unpaired) electrons.